The molecule has 0 aliphatic carbocycles. The molecule has 2 rings (SSSR count). The van der Waals surface area contributed by atoms with Crippen LogP contribution in [0.15, 0.2) is 66.1 Å². The molecule has 0 spiro atoms. The molecule has 0 aliphatic heterocycles. The number of rotatable bonds is 9. The first-order valence-corrected chi connectivity index (χ1v) is 10.1. The first-order chi connectivity index (χ1) is 13.2. The molecule has 0 fully saturated rings. The molecule has 0 bridgehead atoms. The first-order valence-electron chi connectivity index (χ1n) is 8.66. The quantitative estimate of drug-likeness (QED) is 0.626. The van der Waals surface area contributed by atoms with Crippen LogP contribution < -0.4 is 14.8 Å². The van der Waals surface area contributed by atoms with Crippen molar-refractivity contribution in [2.24, 2.45) is 5.92 Å². The van der Waals surface area contributed by atoms with E-state index in [4.69, 9.17) is 4.74 Å². The highest BCUT2D eigenvalue weighted by Crippen LogP contribution is 2.19. The number of nitrogens with one attached hydrogen (secondary N) is 2. The molecule has 0 heterocycles. The Bertz CT molecular complexity index is 945. The number of sulfonamides is 1. The Labute approximate surface area is 164 Å². The lowest BCUT2D eigenvalue weighted by atomic mass is 10.0. The van der Waals surface area contributed by atoms with Crippen LogP contribution >= 0.6 is 0 Å². The van der Waals surface area contributed by atoms with Gasteiger partial charge in [-0.2, -0.15) is 4.72 Å². The lowest BCUT2D eigenvalue weighted by Gasteiger charge is -2.22. The summed E-state index contributed by atoms with van der Waals surface area (Å²) in [4.78, 5) is 12.2. The topological polar surface area (TPSA) is 84.5 Å². The Balaban J connectivity index is 2.19. The zero-order valence-corrected chi connectivity index (χ0v) is 16.5. The number of amides is 1. The molecule has 0 aromatic heterocycles. The monoisotopic (exact) mass is 406 g/mol. The number of benzene rings is 2. The third kappa shape index (κ3) is 5.64. The van der Waals surface area contributed by atoms with Gasteiger partial charge in [-0.15, -0.1) is 0 Å². The summed E-state index contributed by atoms with van der Waals surface area (Å²) in [7, 11) is -4.21. The van der Waals surface area contributed by atoms with Crippen molar-refractivity contribution in [3.05, 3.63) is 67.0 Å². The minimum absolute atomic E-state index is 0.314. The van der Waals surface area contributed by atoms with Gasteiger partial charge in [0, 0.05) is 11.8 Å². The predicted molar refractivity (Wildman–Crippen MR) is 106 cm³/mol. The van der Waals surface area contributed by atoms with Crippen molar-refractivity contribution in [3.8, 4) is 5.75 Å². The summed E-state index contributed by atoms with van der Waals surface area (Å²) < 4.78 is 46.7. The zero-order chi connectivity index (χ0) is 20.7. The van der Waals surface area contributed by atoms with E-state index in [9.17, 15) is 17.6 Å². The van der Waals surface area contributed by atoms with Crippen molar-refractivity contribution >= 4 is 21.6 Å². The highest BCUT2D eigenvalue weighted by molar-refractivity contribution is 7.89. The van der Waals surface area contributed by atoms with Gasteiger partial charge in [0.2, 0.25) is 15.9 Å². The van der Waals surface area contributed by atoms with Crippen molar-refractivity contribution in [1.82, 2.24) is 4.72 Å². The van der Waals surface area contributed by atoms with Gasteiger partial charge in [0.05, 0.1) is 0 Å². The van der Waals surface area contributed by atoms with Gasteiger partial charge in [-0.25, -0.2) is 12.8 Å². The van der Waals surface area contributed by atoms with Gasteiger partial charge < -0.3 is 10.1 Å². The average molecular weight is 406 g/mol. The fourth-order valence-corrected chi connectivity index (χ4v) is 3.85. The van der Waals surface area contributed by atoms with Crippen molar-refractivity contribution in [2.75, 3.05) is 11.9 Å². The maximum Gasteiger partial charge on any atom is 0.244 e. The summed E-state index contributed by atoms with van der Waals surface area (Å²) in [6, 6.07) is 10.6. The van der Waals surface area contributed by atoms with Crippen LogP contribution in [-0.2, 0) is 14.8 Å². The van der Waals surface area contributed by atoms with E-state index >= 15 is 0 Å². The van der Waals surface area contributed by atoms with Gasteiger partial charge in [-0.3, -0.25) is 4.79 Å². The van der Waals surface area contributed by atoms with Crippen LogP contribution in [0.4, 0.5) is 10.1 Å². The van der Waals surface area contributed by atoms with Crippen LogP contribution in [0.5, 0.6) is 5.75 Å². The van der Waals surface area contributed by atoms with Crippen molar-refractivity contribution < 1.29 is 22.3 Å². The van der Waals surface area contributed by atoms with E-state index < -0.39 is 32.7 Å². The van der Waals surface area contributed by atoms with E-state index in [-0.39, 0.29) is 5.92 Å². The molecular weight excluding hydrogens is 383 g/mol. The molecule has 6 nitrogen and oxygen atoms in total. The molecule has 1 amide bonds. The lowest BCUT2D eigenvalue weighted by Crippen LogP contribution is -2.47. The van der Waals surface area contributed by atoms with E-state index in [0.717, 1.165) is 12.1 Å². The molecule has 8 heteroatoms. The van der Waals surface area contributed by atoms with Crippen LogP contribution in [0, 0.1) is 11.7 Å². The van der Waals surface area contributed by atoms with E-state index in [1.54, 1.807) is 44.2 Å². The summed E-state index contributed by atoms with van der Waals surface area (Å²) in [5, 5.41) is 2.66. The Morgan fingerprint density at radius 2 is 1.93 bits per heavy atom. The smallest absolute Gasteiger partial charge is 0.244 e. The average Bonchev–Trinajstić information content (AvgIpc) is 2.64. The second-order valence-corrected chi connectivity index (χ2v) is 8.07. The first kappa shape index (κ1) is 21.6. The van der Waals surface area contributed by atoms with E-state index in [2.05, 4.69) is 16.6 Å². The van der Waals surface area contributed by atoms with Gasteiger partial charge in [-0.05, 0) is 30.2 Å². The van der Waals surface area contributed by atoms with E-state index in [1.807, 2.05) is 0 Å². The van der Waals surface area contributed by atoms with Crippen LogP contribution in [0.2, 0.25) is 0 Å². The molecule has 2 aromatic carbocycles. The SMILES string of the molecule is C=CCOc1cccc(NC(=O)[C@@H](NS(=O)(=O)c2ccccc2F)C(C)C)c1. The fraction of sp³-hybridized carbons (Fsp3) is 0.250. The third-order valence-electron chi connectivity index (χ3n) is 3.83. The Morgan fingerprint density at radius 1 is 1.21 bits per heavy atom. The van der Waals surface area contributed by atoms with Gasteiger partial charge in [0.25, 0.3) is 0 Å². The van der Waals surface area contributed by atoms with Crippen LogP contribution in [0.25, 0.3) is 0 Å². The summed E-state index contributed by atoms with van der Waals surface area (Å²) >= 11 is 0. The molecule has 2 N–H and O–H groups in total. The third-order valence-corrected chi connectivity index (χ3v) is 5.30. The Morgan fingerprint density at radius 3 is 2.57 bits per heavy atom. The van der Waals surface area contributed by atoms with E-state index in [1.165, 1.54) is 12.1 Å². The second kappa shape index (κ2) is 9.48. The lowest BCUT2D eigenvalue weighted by molar-refractivity contribution is -0.118. The molecule has 28 heavy (non-hydrogen) atoms. The van der Waals surface area contributed by atoms with Gasteiger partial charge in [0.15, 0.2) is 0 Å². The summed E-state index contributed by atoms with van der Waals surface area (Å²) in [5.74, 6) is -1.28. The highest BCUT2D eigenvalue weighted by atomic mass is 32.2. The molecule has 0 unspecified atom stereocenters. The maximum absolute atomic E-state index is 13.9. The van der Waals surface area contributed by atoms with Crippen LogP contribution in [-0.4, -0.2) is 27.0 Å². The summed E-state index contributed by atoms with van der Waals surface area (Å²) in [6.07, 6.45) is 1.59. The highest BCUT2D eigenvalue weighted by Gasteiger charge is 2.29. The fourth-order valence-electron chi connectivity index (χ4n) is 2.42. The molecule has 0 saturated carbocycles. The van der Waals surface area contributed by atoms with E-state index in [0.29, 0.717) is 18.0 Å². The van der Waals surface area contributed by atoms with Gasteiger partial charge >= 0.3 is 0 Å². The number of hydrogen-bond acceptors (Lipinski definition) is 4. The molecule has 2 aromatic rings. The van der Waals surface area contributed by atoms with Gasteiger partial charge in [0.1, 0.15) is 29.1 Å². The van der Waals surface area contributed by atoms with Crippen molar-refractivity contribution in [1.29, 1.82) is 0 Å². The Kier molecular flexibility index (Phi) is 7.31. The van der Waals surface area contributed by atoms with Crippen LogP contribution in [0.3, 0.4) is 0 Å². The van der Waals surface area contributed by atoms with Gasteiger partial charge in [-0.1, -0.05) is 44.7 Å². The minimum Gasteiger partial charge on any atom is -0.489 e. The summed E-state index contributed by atoms with van der Waals surface area (Å²) in [6.45, 7) is 7.27. The Hall–Kier alpha value is -2.71. The largest absolute Gasteiger partial charge is 0.489 e. The maximum atomic E-state index is 13.9. The van der Waals surface area contributed by atoms with Crippen LogP contribution in [0.1, 0.15) is 13.8 Å². The minimum atomic E-state index is -4.21. The molecule has 1 atom stereocenters. The second-order valence-electron chi connectivity index (χ2n) is 6.39. The number of ether oxygens (including phenoxy) is 1. The van der Waals surface area contributed by atoms with Crippen molar-refractivity contribution in [3.63, 3.8) is 0 Å². The number of carbonyl (C=O) groups excluding carboxylic acids is 1. The molecule has 0 saturated heterocycles. The normalized spacial score (nSPS) is 12.4. The number of carbonyl (C=O) groups is 1. The number of anilines is 1. The number of halogens is 1. The molecule has 0 radical (unpaired) electrons. The van der Waals surface area contributed by atoms with Crippen molar-refractivity contribution in [2.45, 2.75) is 24.8 Å². The number of hydrogen-bond donors (Lipinski definition) is 2. The molecular formula is C20H23FN2O4S. The standard InChI is InChI=1S/C20H23FN2O4S/c1-4-12-27-16-9-7-8-15(13-16)22-20(24)19(14(2)3)23-28(25,26)18-11-6-5-10-17(18)21/h4-11,13-14,19,23H,1,12H2,2-3H3,(H,22,24)/t19-/m0/s1. The molecule has 150 valence electrons. The predicted octanol–water partition coefficient (Wildman–Crippen LogP) is 3.33. The molecule has 0 aliphatic rings. The summed E-state index contributed by atoms with van der Waals surface area (Å²) in [5.41, 5.74) is 0.447. The zero-order valence-electron chi connectivity index (χ0n) is 15.7.